The number of rotatable bonds is 5. The van der Waals surface area contributed by atoms with Crippen LogP contribution in [0.5, 0.6) is 0 Å². The van der Waals surface area contributed by atoms with Crippen LogP contribution in [0.1, 0.15) is 48.8 Å². The highest BCUT2D eigenvalue weighted by atomic mass is 16.2. The number of hydrogen-bond acceptors (Lipinski definition) is 4. The molecule has 1 aromatic rings. The number of aromatic amines is 1. The van der Waals surface area contributed by atoms with Crippen molar-refractivity contribution in [2.75, 3.05) is 12.3 Å². The summed E-state index contributed by atoms with van der Waals surface area (Å²) in [5.41, 5.74) is 7.29. The Labute approximate surface area is 111 Å². The van der Waals surface area contributed by atoms with Gasteiger partial charge < -0.3 is 16.4 Å². The minimum atomic E-state index is -0.618. The van der Waals surface area contributed by atoms with Gasteiger partial charge in [-0.05, 0) is 26.7 Å². The van der Waals surface area contributed by atoms with Gasteiger partial charge in [0.25, 0.3) is 5.91 Å². The molecule has 0 spiro atoms. The van der Waals surface area contributed by atoms with Crippen LogP contribution in [0.15, 0.2) is 0 Å². The number of aromatic nitrogens is 2. The molecule has 19 heavy (non-hydrogen) atoms. The Kier molecular flexibility index (Phi) is 3.73. The van der Waals surface area contributed by atoms with Gasteiger partial charge in [0, 0.05) is 12.5 Å². The normalized spacial score (nSPS) is 15.9. The summed E-state index contributed by atoms with van der Waals surface area (Å²) in [6.45, 7) is 3.96. The van der Waals surface area contributed by atoms with E-state index in [9.17, 15) is 9.59 Å². The van der Waals surface area contributed by atoms with Crippen molar-refractivity contribution in [1.82, 2.24) is 20.8 Å². The largest absolute Gasteiger partial charge is 0.395 e. The second kappa shape index (κ2) is 5.29. The maximum absolute atomic E-state index is 12.0. The van der Waals surface area contributed by atoms with Crippen molar-refractivity contribution >= 4 is 17.5 Å². The molecule has 1 aliphatic rings. The third kappa shape index (κ3) is 2.86. The fraction of sp³-hybridized carbons (Fsp3) is 0.583. The van der Waals surface area contributed by atoms with E-state index in [0.29, 0.717) is 18.2 Å². The molecule has 1 atom stereocenters. The molecule has 1 heterocycles. The van der Waals surface area contributed by atoms with Crippen molar-refractivity contribution in [2.45, 2.75) is 38.6 Å². The average Bonchev–Trinajstić information content (AvgIpc) is 3.13. The van der Waals surface area contributed by atoms with E-state index in [2.05, 4.69) is 20.8 Å². The van der Waals surface area contributed by atoms with Crippen molar-refractivity contribution < 1.29 is 9.59 Å². The van der Waals surface area contributed by atoms with Crippen LogP contribution in [-0.4, -0.2) is 34.6 Å². The lowest BCUT2D eigenvalue weighted by Crippen LogP contribution is -2.44. The number of nitrogen functional groups attached to an aromatic ring is 1. The zero-order valence-corrected chi connectivity index (χ0v) is 11.1. The minimum absolute atomic E-state index is 0.165. The number of anilines is 1. The van der Waals surface area contributed by atoms with Crippen LogP contribution in [0, 0.1) is 0 Å². The molecular formula is C12H19N5O2. The molecule has 0 radical (unpaired) electrons. The lowest BCUT2D eigenvalue weighted by atomic mass is 10.2. The SMILES string of the molecule is CCNC(=O)C(C)NC(=O)c1n[nH]c(C2CC2)c1N. The maximum atomic E-state index is 12.0. The summed E-state index contributed by atoms with van der Waals surface area (Å²) in [5.74, 6) is -0.262. The second-order valence-electron chi connectivity index (χ2n) is 4.76. The van der Waals surface area contributed by atoms with Crippen LogP contribution in [0.3, 0.4) is 0 Å². The number of carbonyl (C=O) groups is 2. The molecule has 1 unspecified atom stereocenters. The van der Waals surface area contributed by atoms with Crippen LogP contribution >= 0.6 is 0 Å². The lowest BCUT2D eigenvalue weighted by Gasteiger charge is -2.12. The van der Waals surface area contributed by atoms with E-state index in [0.717, 1.165) is 18.5 Å². The highest BCUT2D eigenvalue weighted by molar-refractivity contribution is 6.00. The first-order valence-electron chi connectivity index (χ1n) is 6.46. The van der Waals surface area contributed by atoms with E-state index in [1.54, 1.807) is 6.92 Å². The molecule has 1 fully saturated rings. The monoisotopic (exact) mass is 265 g/mol. The standard InChI is InChI=1S/C12H19N5O2/c1-3-14-11(18)6(2)15-12(19)10-8(13)9(16-17-10)7-4-5-7/h6-7H,3-5,13H2,1-2H3,(H,14,18)(H,15,19)(H,16,17). The lowest BCUT2D eigenvalue weighted by molar-refractivity contribution is -0.122. The number of likely N-dealkylation sites (N-methyl/N-ethyl adjacent to an activating group) is 1. The summed E-state index contributed by atoms with van der Waals surface area (Å²) in [4.78, 5) is 23.5. The van der Waals surface area contributed by atoms with Gasteiger partial charge >= 0.3 is 0 Å². The summed E-state index contributed by atoms with van der Waals surface area (Å²) in [5, 5.41) is 12.0. The second-order valence-corrected chi connectivity index (χ2v) is 4.76. The fourth-order valence-corrected chi connectivity index (χ4v) is 1.88. The summed E-state index contributed by atoms with van der Waals surface area (Å²) in [6.07, 6.45) is 2.14. The third-order valence-corrected chi connectivity index (χ3v) is 3.13. The van der Waals surface area contributed by atoms with Crippen LogP contribution in [0.2, 0.25) is 0 Å². The first-order chi connectivity index (χ1) is 9.04. The molecule has 7 heteroatoms. The zero-order valence-electron chi connectivity index (χ0n) is 11.1. The summed E-state index contributed by atoms with van der Waals surface area (Å²) in [6, 6.07) is -0.618. The minimum Gasteiger partial charge on any atom is -0.395 e. The van der Waals surface area contributed by atoms with Crippen LogP contribution in [0.25, 0.3) is 0 Å². The number of amides is 2. The molecular weight excluding hydrogens is 246 g/mol. The van der Waals surface area contributed by atoms with E-state index < -0.39 is 11.9 Å². The van der Waals surface area contributed by atoms with Gasteiger partial charge in [-0.25, -0.2) is 0 Å². The van der Waals surface area contributed by atoms with Gasteiger partial charge in [-0.1, -0.05) is 0 Å². The first kappa shape index (κ1) is 13.4. The molecule has 0 bridgehead atoms. The molecule has 0 aromatic carbocycles. The number of H-pyrrole nitrogens is 1. The zero-order chi connectivity index (χ0) is 14.0. The highest BCUT2D eigenvalue weighted by Gasteiger charge is 2.30. The van der Waals surface area contributed by atoms with Crippen LogP contribution in [0.4, 0.5) is 5.69 Å². The number of carbonyl (C=O) groups excluding carboxylic acids is 2. The number of nitrogens with two attached hydrogens (primary N) is 1. The summed E-state index contributed by atoms with van der Waals surface area (Å²) < 4.78 is 0. The van der Waals surface area contributed by atoms with Crippen molar-refractivity contribution in [3.8, 4) is 0 Å². The predicted molar refractivity (Wildman–Crippen MR) is 70.6 cm³/mol. The van der Waals surface area contributed by atoms with E-state index in [1.165, 1.54) is 0 Å². The maximum Gasteiger partial charge on any atom is 0.274 e. The molecule has 1 aromatic heterocycles. The Balaban J connectivity index is 2.01. The molecule has 0 aliphatic heterocycles. The molecule has 0 saturated heterocycles. The van der Waals surface area contributed by atoms with Crippen LogP contribution in [-0.2, 0) is 4.79 Å². The summed E-state index contributed by atoms with van der Waals surface area (Å²) >= 11 is 0. The van der Waals surface area contributed by atoms with E-state index in [1.807, 2.05) is 6.92 Å². The van der Waals surface area contributed by atoms with Gasteiger partial charge in [-0.2, -0.15) is 5.10 Å². The molecule has 5 N–H and O–H groups in total. The van der Waals surface area contributed by atoms with E-state index in [4.69, 9.17) is 5.73 Å². The molecule has 1 saturated carbocycles. The fourth-order valence-electron chi connectivity index (χ4n) is 1.88. The summed E-state index contributed by atoms with van der Waals surface area (Å²) in [7, 11) is 0. The molecule has 104 valence electrons. The molecule has 2 amide bonds. The van der Waals surface area contributed by atoms with Crippen molar-refractivity contribution in [3.05, 3.63) is 11.4 Å². The quantitative estimate of drug-likeness (QED) is 0.605. The molecule has 7 nitrogen and oxygen atoms in total. The van der Waals surface area contributed by atoms with E-state index in [-0.39, 0.29) is 11.6 Å². The molecule has 2 rings (SSSR count). The molecule has 1 aliphatic carbocycles. The van der Waals surface area contributed by atoms with Gasteiger partial charge in [-0.3, -0.25) is 14.7 Å². The number of nitrogens with one attached hydrogen (secondary N) is 3. The average molecular weight is 265 g/mol. The predicted octanol–water partition coefficient (Wildman–Crippen LogP) is 0.124. The Hall–Kier alpha value is -2.05. The highest BCUT2D eigenvalue weighted by Crippen LogP contribution is 2.42. The van der Waals surface area contributed by atoms with Crippen LogP contribution < -0.4 is 16.4 Å². The van der Waals surface area contributed by atoms with Gasteiger partial charge in [-0.15, -0.1) is 0 Å². The third-order valence-electron chi connectivity index (χ3n) is 3.13. The Bertz CT molecular complexity index is 492. The first-order valence-corrected chi connectivity index (χ1v) is 6.46. The van der Waals surface area contributed by atoms with Crippen molar-refractivity contribution in [2.24, 2.45) is 0 Å². The topological polar surface area (TPSA) is 113 Å². The van der Waals surface area contributed by atoms with Gasteiger partial charge in [0.05, 0.1) is 11.4 Å². The Morgan fingerprint density at radius 2 is 2.21 bits per heavy atom. The van der Waals surface area contributed by atoms with Gasteiger partial charge in [0.15, 0.2) is 5.69 Å². The van der Waals surface area contributed by atoms with E-state index >= 15 is 0 Å². The van der Waals surface area contributed by atoms with Crippen molar-refractivity contribution in [1.29, 1.82) is 0 Å². The van der Waals surface area contributed by atoms with Crippen molar-refractivity contribution in [3.63, 3.8) is 0 Å². The van der Waals surface area contributed by atoms with Gasteiger partial charge in [0.1, 0.15) is 6.04 Å². The smallest absolute Gasteiger partial charge is 0.274 e. The Morgan fingerprint density at radius 1 is 1.53 bits per heavy atom. The Morgan fingerprint density at radius 3 is 2.79 bits per heavy atom. The van der Waals surface area contributed by atoms with Gasteiger partial charge in [0.2, 0.25) is 5.91 Å². The number of nitrogens with zero attached hydrogens (tertiary/aromatic N) is 1. The number of hydrogen-bond donors (Lipinski definition) is 4.